The van der Waals surface area contributed by atoms with Crippen molar-refractivity contribution in [3.05, 3.63) is 28.8 Å². The molecule has 0 saturated carbocycles. The van der Waals surface area contributed by atoms with Crippen LogP contribution in [-0.2, 0) is 11.3 Å². The highest BCUT2D eigenvalue weighted by Crippen LogP contribution is 2.26. The van der Waals surface area contributed by atoms with E-state index in [2.05, 4.69) is 26.1 Å². The lowest BCUT2D eigenvalue weighted by molar-refractivity contribution is 0.0702. The third kappa shape index (κ3) is 6.57. The molecule has 0 atom stereocenters. The van der Waals surface area contributed by atoms with E-state index in [9.17, 15) is 0 Å². The zero-order valence-corrected chi connectivity index (χ0v) is 13.2. The smallest absolute Gasteiger partial charge is 0.125 e. The summed E-state index contributed by atoms with van der Waals surface area (Å²) >= 11 is 6.24. The standard InChI is InChI=1S/C15H24ClNO3/c1-15(2,3)17-11-12-13(16)5-4-6-14(12)20-10-9-19-8-7-18/h4-6,17-18H,7-11H2,1-3H3. The molecule has 0 fully saturated rings. The van der Waals surface area contributed by atoms with Gasteiger partial charge in [-0.3, -0.25) is 0 Å². The Morgan fingerprint density at radius 3 is 2.60 bits per heavy atom. The molecule has 1 aromatic rings. The Kier molecular flexibility index (Phi) is 7.30. The lowest BCUT2D eigenvalue weighted by Crippen LogP contribution is -2.35. The third-order valence-electron chi connectivity index (χ3n) is 2.59. The van der Waals surface area contributed by atoms with Crippen molar-refractivity contribution in [2.24, 2.45) is 0 Å². The Hall–Kier alpha value is -0.810. The largest absolute Gasteiger partial charge is 0.491 e. The second kappa shape index (κ2) is 8.47. The van der Waals surface area contributed by atoms with E-state index in [0.717, 1.165) is 11.3 Å². The molecule has 0 unspecified atom stereocenters. The lowest BCUT2D eigenvalue weighted by atomic mass is 10.1. The van der Waals surface area contributed by atoms with Crippen molar-refractivity contribution in [1.29, 1.82) is 0 Å². The maximum atomic E-state index is 8.62. The molecule has 4 nitrogen and oxygen atoms in total. The van der Waals surface area contributed by atoms with Gasteiger partial charge in [0, 0.05) is 22.7 Å². The van der Waals surface area contributed by atoms with Crippen LogP contribution >= 0.6 is 11.6 Å². The number of rotatable bonds is 8. The van der Waals surface area contributed by atoms with Crippen molar-refractivity contribution in [3.63, 3.8) is 0 Å². The normalized spacial score (nSPS) is 11.7. The van der Waals surface area contributed by atoms with Crippen molar-refractivity contribution in [2.75, 3.05) is 26.4 Å². The summed E-state index contributed by atoms with van der Waals surface area (Å²) in [6.45, 7) is 8.20. The molecule has 0 aliphatic heterocycles. The highest BCUT2D eigenvalue weighted by molar-refractivity contribution is 6.31. The maximum Gasteiger partial charge on any atom is 0.125 e. The molecule has 0 radical (unpaired) electrons. The second-order valence-corrected chi connectivity index (χ2v) is 5.91. The molecule has 0 aliphatic carbocycles. The predicted molar refractivity (Wildman–Crippen MR) is 81.4 cm³/mol. The van der Waals surface area contributed by atoms with Crippen molar-refractivity contribution < 1.29 is 14.6 Å². The zero-order valence-electron chi connectivity index (χ0n) is 12.4. The quantitative estimate of drug-likeness (QED) is 0.725. The predicted octanol–water partition coefficient (Wildman–Crippen LogP) is 2.62. The highest BCUT2D eigenvalue weighted by Gasteiger charge is 2.13. The number of aliphatic hydroxyl groups is 1. The Morgan fingerprint density at radius 1 is 1.20 bits per heavy atom. The average Bonchev–Trinajstić information content (AvgIpc) is 2.36. The minimum absolute atomic E-state index is 0.0146. The van der Waals surface area contributed by atoms with E-state index in [1.807, 2.05) is 18.2 Å². The van der Waals surface area contributed by atoms with Crippen LogP contribution in [0.15, 0.2) is 18.2 Å². The SMILES string of the molecule is CC(C)(C)NCc1c(Cl)cccc1OCCOCCO. The number of ether oxygens (including phenoxy) is 2. The fourth-order valence-corrected chi connectivity index (χ4v) is 1.81. The van der Waals surface area contributed by atoms with Gasteiger partial charge in [-0.1, -0.05) is 17.7 Å². The van der Waals surface area contributed by atoms with E-state index in [4.69, 9.17) is 26.2 Å². The van der Waals surface area contributed by atoms with Gasteiger partial charge in [-0.15, -0.1) is 0 Å². The Labute approximate surface area is 126 Å². The van der Waals surface area contributed by atoms with Crippen LogP contribution in [0.1, 0.15) is 26.3 Å². The first-order chi connectivity index (χ1) is 9.44. The number of aliphatic hydroxyl groups excluding tert-OH is 1. The molecule has 0 saturated heterocycles. The zero-order chi connectivity index (χ0) is 15.0. The summed E-state index contributed by atoms with van der Waals surface area (Å²) in [7, 11) is 0. The van der Waals surface area contributed by atoms with E-state index in [1.165, 1.54) is 0 Å². The third-order valence-corrected chi connectivity index (χ3v) is 2.95. The monoisotopic (exact) mass is 301 g/mol. The summed E-state index contributed by atoms with van der Waals surface area (Å²) in [5.41, 5.74) is 0.965. The molecule has 20 heavy (non-hydrogen) atoms. The van der Waals surface area contributed by atoms with Gasteiger partial charge >= 0.3 is 0 Å². The van der Waals surface area contributed by atoms with Crippen LogP contribution in [0.25, 0.3) is 0 Å². The van der Waals surface area contributed by atoms with Crippen molar-refractivity contribution in [2.45, 2.75) is 32.9 Å². The fourth-order valence-electron chi connectivity index (χ4n) is 1.58. The van der Waals surface area contributed by atoms with Crippen LogP contribution in [-0.4, -0.2) is 37.1 Å². The van der Waals surface area contributed by atoms with E-state index in [0.29, 0.717) is 31.4 Å². The van der Waals surface area contributed by atoms with Gasteiger partial charge in [-0.25, -0.2) is 0 Å². The van der Waals surface area contributed by atoms with E-state index in [1.54, 1.807) is 0 Å². The molecule has 0 amide bonds. The van der Waals surface area contributed by atoms with Crippen molar-refractivity contribution >= 4 is 11.6 Å². The average molecular weight is 302 g/mol. The summed E-state index contributed by atoms with van der Waals surface area (Å²) in [6.07, 6.45) is 0. The van der Waals surface area contributed by atoms with Gasteiger partial charge in [0.2, 0.25) is 0 Å². The molecule has 1 aromatic carbocycles. The number of benzene rings is 1. The summed E-state index contributed by atoms with van der Waals surface area (Å²) in [4.78, 5) is 0. The first kappa shape index (κ1) is 17.2. The Balaban J connectivity index is 2.58. The Morgan fingerprint density at radius 2 is 1.95 bits per heavy atom. The summed E-state index contributed by atoms with van der Waals surface area (Å²) < 4.78 is 10.9. The van der Waals surface area contributed by atoms with Gasteiger partial charge in [0.15, 0.2) is 0 Å². The molecule has 0 bridgehead atoms. The fraction of sp³-hybridized carbons (Fsp3) is 0.600. The number of halogens is 1. The van der Waals surface area contributed by atoms with Crippen LogP contribution in [0.5, 0.6) is 5.75 Å². The van der Waals surface area contributed by atoms with Gasteiger partial charge in [-0.05, 0) is 32.9 Å². The molecule has 0 spiro atoms. The van der Waals surface area contributed by atoms with Crippen LogP contribution in [0, 0.1) is 0 Å². The summed E-state index contributed by atoms with van der Waals surface area (Å²) in [5.74, 6) is 0.766. The van der Waals surface area contributed by atoms with Crippen LogP contribution in [0.3, 0.4) is 0 Å². The molecule has 5 heteroatoms. The highest BCUT2D eigenvalue weighted by atomic mass is 35.5. The molecule has 114 valence electrons. The lowest BCUT2D eigenvalue weighted by Gasteiger charge is -2.22. The molecule has 0 aliphatic rings. The minimum atomic E-state index is 0.0146. The van der Waals surface area contributed by atoms with Crippen LogP contribution in [0.2, 0.25) is 5.02 Å². The second-order valence-electron chi connectivity index (χ2n) is 5.50. The molecule has 0 heterocycles. The van der Waals surface area contributed by atoms with Gasteiger partial charge in [0.25, 0.3) is 0 Å². The van der Waals surface area contributed by atoms with Gasteiger partial charge in [0.05, 0.1) is 19.8 Å². The summed E-state index contributed by atoms with van der Waals surface area (Å²) in [6, 6.07) is 5.63. The molecular weight excluding hydrogens is 278 g/mol. The van der Waals surface area contributed by atoms with Crippen molar-refractivity contribution in [3.8, 4) is 5.75 Å². The number of hydrogen-bond acceptors (Lipinski definition) is 4. The van der Waals surface area contributed by atoms with Gasteiger partial charge < -0.3 is 19.9 Å². The topological polar surface area (TPSA) is 50.7 Å². The molecule has 2 N–H and O–H groups in total. The maximum absolute atomic E-state index is 8.62. The molecular formula is C15H24ClNO3. The van der Waals surface area contributed by atoms with Gasteiger partial charge in [-0.2, -0.15) is 0 Å². The first-order valence-corrected chi connectivity index (χ1v) is 7.15. The van der Waals surface area contributed by atoms with Crippen LogP contribution < -0.4 is 10.1 Å². The van der Waals surface area contributed by atoms with E-state index >= 15 is 0 Å². The van der Waals surface area contributed by atoms with Gasteiger partial charge in [0.1, 0.15) is 12.4 Å². The first-order valence-electron chi connectivity index (χ1n) is 6.78. The number of nitrogens with one attached hydrogen (secondary N) is 1. The Bertz CT molecular complexity index is 405. The molecule has 1 rings (SSSR count). The molecule has 0 aromatic heterocycles. The van der Waals surface area contributed by atoms with Crippen LogP contribution in [0.4, 0.5) is 0 Å². The van der Waals surface area contributed by atoms with Crippen molar-refractivity contribution in [1.82, 2.24) is 5.32 Å². The number of hydrogen-bond donors (Lipinski definition) is 2. The minimum Gasteiger partial charge on any atom is -0.491 e. The van der Waals surface area contributed by atoms with E-state index < -0.39 is 0 Å². The summed E-state index contributed by atoms with van der Waals surface area (Å²) in [5, 5.41) is 12.7. The van der Waals surface area contributed by atoms with E-state index in [-0.39, 0.29) is 12.1 Å².